The van der Waals surface area contributed by atoms with Crippen molar-refractivity contribution in [2.75, 3.05) is 18.4 Å². The highest BCUT2D eigenvalue weighted by Gasteiger charge is 2.20. The number of amides is 1. The number of hydrogen-bond donors (Lipinski definition) is 2. The van der Waals surface area contributed by atoms with Crippen molar-refractivity contribution in [3.8, 4) is 0 Å². The molecular weight excluding hydrogens is 231 g/mol. The van der Waals surface area contributed by atoms with Gasteiger partial charge in [-0.25, -0.2) is 4.39 Å². The van der Waals surface area contributed by atoms with Gasteiger partial charge in [0.2, 0.25) is 5.91 Å². The SMILES string of the molecule is O=C(CC1CNC1)Nc1ccc(Cl)c(F)c1. The van der Waals surface area contributed by atoms with Gasteiger partial charge >= 0.3 is 0 Å². The summed E-state index contributed by atoms with van der Waals surface area (Å²) in [4.78, 5) is 11.5. The fraction of sp³-hybridized carbons (Fsp3) is 0.364. The molecule has 1 aliphatic rings. The fourth-order valence-corrected chi connectivity index (χ4v) is 1.66. The Morgan fingerprint density at radius 3 is 2.88 bits per heavy atom. The molecule has 0 atom stereocenters. The predicted molar refractivity (Wildman–Crippen MR) is 61.0 cm³/mol. The predicted octanol–water partition coefficient (Wildman–Crippen LogP) is 2.03. The van der Waals surface area contributed by atoms with E-state index < -0.39 is 5.82 Å². The summed E-state index contributed by atoms with van der Waals surface area (Å²) < 4.78 is 13.1. The summed E-state index contributed by atoms with van der Waals surface area (Å²) in [7, 11) is 0. The molecular formula is C11H12ClFN2O. The molecule has 1 aliphatic heterocycles. The topological polar surface area (TPSA) is 41.1 Å². The Kier molecular flexibility index (Phi) is 3.41. The van der Waals surface area contributed by atoms with Crippen molar-refractivity contribution in [3.63, 3.8) is 0 Å². The standard InChI is InChI=1S/C11H12ClFN2O/c12-9-2-1-8(4-10(9)13)15-11(16)3-7-5-14-6-7/h1-2,4,7,14H,3,5-6H2,(H,15,16). The third-order valence-electron chi connectivity index (χ3n) is 2.54. The molecule has 0 radical (unpaired) electrons. The number of benzene rings is 1. The Labute approximate surface area is 98.0 Å². The molecule has 0 aromatic heterocycles. The van der Waals surface area contributed by atoms with Gasteiger partial charge in [0.25, 0.3) is 0 Å². The van der Waals surface area contributed by atoms with E-state index in [2.05, 4.69) is 10.6 Å². The maximum atomic E-state index is 13.1. The van der Waals surface area contributed by atoms with Gasteiger partial charge in [-0.05, 0) is 37.2 Å². The van der Waals surface area contributed by atoms with E-state index in [1.807, 2.05) is 0 Å². The van der Waals surface area contributed by atoms with Crippen molar-refractivity contribution in [2.45, 2.75) is 6.42 Å². The van der Waals surface area contributed by atoms with Crippen LogP contribution in [0.3, 0.4) is 0 Å². The first-order valence-corrected chi connectivity index (χ1v) is 5.48. The monoisotopic (exact) mass is 242 g/mol. The molecule has 1 fully saturated rings. The van der Waals surface area contributed by atoms with Crippen molar-refractivity contribution in [1.29, 1.82) is 0 Å². The van der Waals surface area contributed by atoms with Crippen LogP contribution in [0.2, 0.25) is 5.02 Å². The Hall–Kier alpha value is -1.13. The second kappa shape index (κ2) is 4.80. The van der Waals surface area contributed by atoms with Crippen LogP contribution in [0.1, 0.15) is 6.42 Å². The van der Waals surface area contributed by atoms with Gasteiger partial charge in [0.05, 0.1) is 5.02 Å². The first kappa shape index (κ1) is 11.4. The quantitative estimate of drug-likeness (QED) is 0.852. The summed E-state index contributed by atoms with van der Waals surface area (Å²) in [5, 5.41) is 5.79. The van der Waals surface area contributed by atoms with Gasteiger partial charge < -0.3 is 10.6 Å². The highest BCUT2D eigenvalue weighted by Crippen LogP contribution is 2.19. The Bertz CT molecular complexity index is 407. The van der Waals surface area contributed by atoms with E-state index in [4.69, 9.17) is 11.6 Å². The molecule has 0 spiro atoms. The molecule has 0 saturated carbocycles. The van der Waals surface area contributed by atoms with Gasteiger partial charge in [-0.15, -0.1) is 0 Å². The minimum absolute atomic E-state index is 0.0567. The molecule has 1 heterocycles. The molecule has 5 heteroatoms. The lowest BCUT2D eigenvalue weighted by atomic mass is 9.99. The highest BCUT2D eigenvalue weighted by molar-refractivity contribution is 6.30. The van der Waals surface area contributed by atoms with E-state index in [1.165, 1.54) is 12.1 Å². The van der Waals surface area contributed by atoms with Crippen LogP contribution in [0.4, 0.5) is 10.1 Å². The van der Waals surface area contributed by atoms with Crippen LogP contribution < -0.4 is 10.6 Å². The average Bonchev–Trinajstić information content (AvgIpc) is 2.18. The number of nitrogens with one attached hydrogen (secondary N) is 2. The molecule has 1 amide bonds. The van der Waals surface area contributed by atoms with E-state index in [-0.39, 0.29) is 10.9 Å². The number of rotatable bonds is 3. The van der Waals surface area contributed by atoms with Crippen molar-refractivity contribution in [3.05, 3.63) is 29.0 Å². The van der Waals surface area contributed by atoms with Gasteiger partial charge in [0.1, 0.15) is 5.82 Å². The molecule has 0 aliphatic carbocycles. The van der Waals surface area contributed by atoms with E-state index in [9.17, 15) is 9.18 Å². The van der Waals surface area contributed by atoms with Gasteiger partial charge in [0.15, 0.2) is 0 Å². The molecule has 0 bridgehead atoms. The zero-order valence-electron chi connectivity index (χ0n) is 8.59. The third kappa shape index (κ3) is 2.71. The Morgan fingerprint density at radius 2 is 2.31 bits per heavy atom. The maximum Gasteiger partial charge on any atom is 0.224 e. The molecule has 1 saturated heterocycles. The fourth-order valence-electron chi connectivity index (χ4n) is 1.54. The van der Waals surface area contributed by atoms with E-state index in [1.54, 1.807) is 6.07 Å². The average molecular weight is 243 g/mol. The van der Waals surface area contributed by atoms with Crippen molar-refractivity contribution in [2.24, 2.45) is 5.92 Å². The summed E-state index contributed by atoms with van der Waals surface area (Å²) in [6.07, 6.45) is 0.469. The highest BCUT2D eigenvalue weighted by atomic mass is 35.5. The van der Waals surface area contributed by atoms with Gasteiger partial charge in [-0.2, -0.15) is 0 Å². The number of carbonyl (C=O) groups excluding carboxylic acids is 1. The summed E-state index contributed by atoms with van der Waals surface area (Å²) in [5.41, 5.74) is 0.444. The molecule has 16 heavy (non-hydrogen) atoms. The maximum absolute atomic E-state index is 13.1. The lowest BCUT2D eigenvalue weighted by Crippen LogP contribution is -2.43. The smallest absolute Gasteiger partial charge is 0.224 e. The van der Waals surface area contributed by atoms with Crippen molar-refractivity contribution in [1.82, 2.24) is 5.32 Å². The summed E-state index contributed by atoms with van der Waals surface area (Å²) >= 11 is 5.54. The van der Waals surface area contributed by atoms with Crippen LogP contribution in [0.5, 0.6) is 0 Å². The second-order valence-electron chi connectivity index (χ2n) is 3.91. The third-order valence-corrected chi connectivity index (χ3v) is 2.85. The first-order chi connectivity index (χ1) is 7.65. The first-order valence-electron chi connectivity index (χ1n) is 5.11. The van der Waals surface area contributed by atoms with Gasteiger partial charge in [-0.1, -0.05) is 11.6 Å². The normalized spacial score (nSPS) is 15.6. The van der Waals surface area contributed by atoms with Crippen molar-refractivity contribution < 1.29 is 9.18 Å². The number of carbonyl (C=O) groups is 1. The molecule has 1 aromatic carbocycles. The minimum atomic E-state index is -0.523. The minimum Gasteiger partial charge on any atom is -0.326 e. The van der Waals surface area contributed by atoms with Crippen LogP contribution in [-0.4, -0.2) is 19.0 Å². The Balaban J connectivity index is 1.92. The lowest BCUT2D eigenvalue weighted by Gasteiger charge is -2.26. The van der Waals surface area contributed by atoms with Gasteiger partial charge in [-0.3, -0.25) is 4.79 Å². The molecule has 3 nitrogen and oxygen atoms in total. The summed E-state index contributed by atoms with van der Waals surface area (Å²) in [6, 6.07) is 4.24. The van der Waals surface area contributed by atoms with Crippen LogP contribution >= 0.6 is 11.6 Å². The van der Waals surface area contributed by atoms with Crippen LogP contribution in [0.15, 0.2) is 18.2 Å². The van der Waals surface area contributed by atoms with Crippen LogP contribution in [-0.2, 0) is 4.79 Å². The molecule has 2 N–H and O–H groups in total. The molecule has 2 rings (SSSR count). The van der Waals surface area contributed by atoms with E-state index >= 15 is 0 Å². The van der Waals surface area contributed by atoms with Crippen LogP contribution in [0.25, 0.3) is 0 Å². The number of hydrogen-bond acceptors (Lipinski definition) is 2. The second-order valence-corrected chi connectivity index (χ2v) is 4.31. The zero-order chi connectivity index (χ0) is 11.5. The Morgan fingerprint density at radius 1 is 1.56 bits per heavy atom. The number of anilines is 1. The lowest BCUT2D eigenvalue weighted by molar-refractivity contribution is -0.117. The largest absolute Gasteiger partial charge is 0.326 e. The summed E-state index contributed by atoms with van der Waals surface area (Å²) in [6.45, 7) is 1.75. The molecule has 1 aromatic rings. The van der Waals surface area contributed by atoms with E-state index in [0.717, 1.165) is 13.1 Å². The molecule has 0 unspecified atom stereocenters. The summed E-state index contributed by atoms with van der Waals surface area (Å²) in [5.74, 6) is -0.213. The van der Waals surface area contributed by atoms with Crippen molar-refractivity contribution >= 4 is 23.2 Å². The number of halogens is 2. The zero-order valence-corrected chi connectivity index (χ0v) is 9.35. The van der Waals surface area contributed by atoms with E-state index in [0.29, 0.717) is 18.0 Å². The van der Waals surface area contributed by atoms with Gasteiger partial charge in [0, 0.05) is 12.1 Å². The van der Waals surface area contributed by atoms with Crippen LogP contribution in [0, 0.1) is 11.7 Å². The molecule has 86 valence electrons.